The third-order valence-corrected chi connectivity index (χ3v) is 7.85. The van der Waals surface area contributed by atoms with Crippen molar-refractivity contribution in [2.45, 2.75) is 51.7 Å². The van der Waals surface area contributed by atoms with E-state index in [1.807, 2.05) is 28.8 Å². The maximum Gasteiger partial charge on any atom is 0.257 e. The molecular weight excluding hydrogens is 530 g/mol. The standard InChI is InChI=1S/C31H40ClN3O5/c32-26-7-4-24(5-8-26)20-33-31(39)28-22-35(12-10-23(11-16-37)3-1-2-15-36)29-9-6-25(19-27(29)30(28)38)21-34-13-17-40-18-14-34/h4-9,19,22-23,36-37H,1-3,10-18,20-21H2,(H,33,39). The van der Waals surface area contributed by atoms with Crippen molar-refractivity contribution in [3.05, 3.63) is 80.6 Å². The molecule has 1 amide bonds. The quantitative estimate of drug-likeness (QED) is 0.254. The first-order chi connectivity index (χ1) is 19.5. The summed E-state index contributed by atoms with van der Waals surface area (Å²) in [6.07, 6.45) is 5.71. The number of nitrogens with zero attached hydrogens (tertiary/aromatic N) is 2. The Morgan fingerprint density at radius 3 is 2.45 bits per heavy atom. The van der Waals surface area contributed by atoms with E-state index >= 15 is 0 Å². The number of pyridine rings is 1. The number of hydrogen-bond acceptors (Lipinski definition) is 6. The summed E-state index contributed by atoms with van der Waals surface area (Å²) in [6.45, 7) is 4.98. The molecule has 0 radical (unpaired) electrons. The average molecular weight is 570 g/mol. The van der Waals surface area contributed by atoms with Gasteiger partial charge < -0.3 is 24.8 Å². The molecule has 40 heavy (non-hydrogen) atoms. The molecule has 1 aromatic heterocycles. The van der Waals surface area contributed by atoms with Crippen LogP contribution < -0.4 is 10.7 Å². The molecule has 9 heteroatoms. The lowest BCUT2D eigenvalue weighted by Gasteiger charge is -2.26. The van der Waals surface area contributed by atoms with Crippen LogP contribution in [0, 0.1) is 5.92 Å². The van der Waals surface area contributed by atoms with E-state index in [9.17, 15) is 14.7 Å². The number of fused-ring (bicyclic) bond motifs is 1. The number of carbonyl (C=O) groups excluding carboxylic acids is 1. The first kappa shape index (κ1) is 30.2. The van der Waals surface area contributed by atoms with Crippen molar-refractivity contribution >= 4 is 28.4 Å². The maximum absolute atomic E-state index is 13.7. The van der Waals surface area contributed by atoms with Crippen LogP contribution in [0.3, 0.4) is 0 Å². The highest BCUT2D eigenvalue weighted by Crippen LogP contribution is 2.21. The van der Waals surface area contributed by atoms with Gasteiger partial charge in [-0.3, -0.25) is 14.5 Å². The van der Waals surface area contributed by atoms with E-state index in [2.05, 4.69) is 16.3 Å². The molecule has 0 saturated carbocycles. The molecule has 1 saturated heterocycles. The Labute approximate surface area is 240 Å². The fourth-order valence-electron chi connectivity index (χ4n) is 5.27. The van der Waals surface area contributed by atoms with E-state index in [0.29, 0.717) is 36.6 Å². The number of ether oxygens (including phenoxy) is 1. The van der Waals surface area contributed by atoms with Crippen molar-refractivity contribution in [1.29, 1.82) is 0 Å². The third kappa shape index (κ3) is 8.38. The fraction of sp³-hybridized carbons (Fsp3) is 0.484. The summed E-state index contributed by atoms with van der Waals surface area (Å²) in [6, 6.07) is 13.2. The zero-order chi connectivity index (χ0) is 28.3. The number of unbranched alkanes of at least 4 members (excludes halogenated alkanes) is 1. The van der Waals surface area contributed by atoms with E-state index in [1.54, 1.807) is 18.3 Å². The molecule has 1 atom stereocenters. The molecule has 1 aliphatic heterocycles. The van der Waals surface area contributed by atoms with Gasteiger partial charge in [0.15, 0.2) is 0 Å². The molecule has 3 aromatic rings. The van der Waals surface area contributed by atoms with Gasteiger partial charge in [0.25, 0.3) is 5.91 Å². The zero-order valence-electron chi connectivity index (χ0n) is 23.0. The second kappa shape index (κ2) is 15.3. The van der Waals surface area contributed by atoms with E-state index in [1.165, 1.54) is 0 Å². The number of aryl methyl sites for hydroxylation is 1. The number of hydrogen-bond donors (Lipinski definition) is 3. The van der Waals surface area contributed by atoms with Gasteiger partial charge in [-0.1, -0.05) is 42.6 Å². The molecule has 0 bridgehead atoms. The third-order valence-electron chi connectivity index (χ3n) is 7.60. The highest BCUT2D eigenvalue weighted by atomic mass is 35.5. The zero-order valence-corrected chi connectivity index (χ0v) is 23.7. The minimum Gasteiger partial charge on any atom is -0.396 e. The van der Waals surface area contributed by atoms with Crippen LogP contribution in [0.2, 0.25) is 5.02 Å². The van der Waals surface area contributed by atoms with Crippen LogP contribution in [0.5, 0.6) is 0 Å². The van der Waals surface area contributed by atoms with Crippen molar-refractivity contribution in [2.75, 3.05) is 39.5 Å². The lowest BCUT2D eigenvalue weighted by atomic mass is 9.95. The summed E-state index contributed by atoms with van der Waals surface area (Å²) >= 11 is 5.98. The minimum absolute atomic E-state index is 0.109. The van der Waals surface area contributed by atoms with E-state index in [-0.39, 0.29) is 36.7 Å². The average Bonchev–Trinajstić information content (AvgIpc) is 2.97. The van der Waals surface area contributed by atoms with E-state index in [4.69, 9.17) is 21.4 Å². The van der Waals surface area contributed by atoms with Gasteiger partial charge in [0.05, 0.1) is 18.7 Å². The number of aromatic nitrogens is 1. The molecule has 1 aliphatic rings. The molecule has 2 aromatic carbocycles. The highest BCUT2D eigenvalue weighted by Gasteiger charge is 2.18. The Morgan fingerprint density at radius 1 is 0.975 bits per heavy atom. The van der Waals surface area contributed by atoms with Crippen LogP contribution in [0.25, 0.3) is 10.9 Å². The number of aliphatic hydroxyl groups is 2. The van der Waals surface area contributed by atoms with Gasteiger partial charge in [0, 0.05) is 62.5 Å². The first-order valence-electron chi connectivity index (χ1n) is 14.2. The van der Waals surface area contributed by atoms with Crippen LogP contribution in [0.1, 0.15) is 53.6 Å². The van der Waals surface area contributed by atoms with E-state index in [0.717, 1.165) is 62.0 Å². The van der Waals surface area contributed by atoms with Crippen molar-refractivity contribution in [3.8, 4) is 0 Å². The minimum atomic E-state index is -0.413. The number of rotatable bonds is 14. The largest absolute Gasteiger partial charge is 0.396 e. The number of carbonyl (C=O) groups is 1. The molecule has 4 rings (SSSR count). The molecular formula is C31H40ClN3O5. The van der Waals surface area contributed by atoms with Crippen LogP contribution in [0.4, 0.5) is 0 Å². The molecule has 3 N–H and O–H groups in total. The summed E-state index contributed by atoms with van der Waals surface area (Å²) < 4.78 is 7.47. The Kier molecular flexibility index (Phi) is 11.6. The fourth-order valence-corrected chi connectivity index (χ4v) is 5.40. The SMILES string of the molecule is O=C(NCc1ccc(Cl)cc1)c1cn(CCC(CCO)CCCCO)c2ccc(CN3CCOCC3)cc2c1=O. The van der Waals surface area contributed by atoms with Gasteiger partial charge in [-0.25, -0.2) is 0 Å². The van der Waals surface area contributed by atoms with Crippen LogP contribution in [-0.2, 0) is 24.4 Å². The summed E-state index contributed by atoms with van der Waals surface area (Å²) in [5.41, 5.74) is 2.55. The van der Waals surface area contributed by atoms with E-state index < -0.39 is 5.91 Å². The van der Waals surface area contributed by atoms with Gasteiger partial charge in [-0.15, -0.1) is 0 Å². The second-order valence-electron chi connectivity index (χ2n) is 10.5. The number of amides is 1. The lowest BCUT2D eigenvalue weighted by Crippen LogP contribution is -2.35. The monoisotopic (exact) mass is 569 g/mol. The highest BCUT2D eigenvalue weighted by molar-refractivity contribution is 6.30. The summed E-state index contributed by atoms with van der Waals surface area (Å²) in [5, 5.41) is 22.8. The van der Waals surface area contributed by atoms with Crippen molar-refractivity contribution in [1.82, 2.24) is 14.8 Å². The Balaban J connectivity index is 1.61. The molecule has 0 aliphatic carbocycles. The smallest absolute Gasteiger partial charge is 0.257 e. The van der Waals surface area contributed by atoms with Gasteiger partial charge in [-0.05, 0) is 60.6 Å². The summed E-state index contributed by atoms with van der Waals surface area (Å²) in [7, 11) is 0. The van der Waals surface area contributed by atoms with Crippen LogP contribution in [0.15, 0.2) is 53.5 Å². The van der Waals surface area contributed by atoms with Crippen LogP contribution in [-0.4, -0.2) is 65.1 Å². The summed E-state index contributed by atoms with van der Waals surface area (Å²) in [4.78, 5) is 29.2. The predicted octanol–water partition coefficient (Wildman–Crippen LogP) is 3.97. The number of halogens is 1. The molecule has 8 nitrogen and oxygen atoms in total. The topological polar surface area (TPSA) is 104 Å². The maximum atomic E-state index is 13.7. The molecule has 216 valence electrons. The number of aliphatic hydroxyl groups excluding tert-OH is 2. The van der Waals surface area contributed by atoms with Gasteiger partial charge in [0.2, 0.25) is 5.43 Å². The Morgan fingerprint density at radius 2 is 1.73 bits per heavy atom. The van der Waals surface area contributed by atoms with Gasteiger partial charge in [0.1, 0.15) is 5.56 Å². The summed E-state index contributed by atoms with van der Waals surface area (Å²) in [5.74, 6) is -0.127. The van der Waals surface area contributed by atoms with Crippen molar-refractivity contribution in [2.24, 2.45) is 5.92 Å². The van der Waals surface area contributed by atoms with Gasteiger partial charge in [-0.2, -0.15) is 0 Å². The van der Waals surface area contributed by atoms with Crippen molar-refractivity contribution in [3.63, 3.8) is 0 Å². The normalized spacial score (nSPS) is 14.9. The second-order valence-corrected chi connectivity index (χ2v) is 10.9. The number of morpholine rings is 1. The molecule has 2 heterocycles. The number of nitrogens with one attached hydrogen (secondary N) is 1. The lowest BCUT2D eigenvalue weighted by molar-refractivity contribution is 0.0342. The van der Waals surface area contributed by atoms with Crippen molar-refractivity contribution < 1.29 is 19.7 Å². The molecule has 1 unspecified atom stereocenters. The Hall–Kier alpha value is -2.75. The number of benzene rings is 2. The van der Waals surface area contributed by atoms with Gasteiger partial charge >= 0.3 is 0 Å². The Bertz CT molecular complexity index is 1300. The molecule has 1 fully saturated rings. The first-order valence-corrected chi connectivity index (χ1v) is 14.6. The van der Waals surface area contributed by atoms with Crippen LogP contribution >= 0.6 is 11.6 Å². The molecule has 0 spiro atoms. The predicted molar refractivity (Wildman–Crippen MR) is 158 cm³/mol.